The van der Waals surface area contributed by atoms with Crippen LogP contribution in [0.25, 0.3) is 0 Å². The lowest BCUT2D eigenvalue weighted by Crippen LogP contribution is -2.55. The van der Waals surface area contributed by atoms with Gasteiger partial charge in [0.1, 0.15) is 18.8 Å². The fourth-order valence-corrected chi connectivity index (χ4v) is 4.04. The summed E-state index contributed by atoms with van der Waals surface area (Å²) in [6, 6.07) is 14.8. The van der Waals surface area contributed by atoms with Gasteiger partial charge < -0.3 is 15.3 Å². The summed E-state index contributed by atoms with van der Waals surface area (Å²) in [6.45, 7) is -1.01. The number of carboxylic acid groups (broad SMARTS) is 1. The lowest BCUT2D eigenvalue weighted by Gasteiger charge is -2.35. The Bertz CT molecular complexity index is 1010. The molecular weight excluding hydrogens is 427 g/mol. The number of rotatable bonds is 9. The maximum absolute atomic E-state index is 13.3. The van der Waals surface area contributed by atoms with Crippen LogP contribution < -0.4 is 5.32 Å². The zero-order valence-electron chi connectivity index (χ0n) is 18.2. The van der Waals surface area contributed by atoms with E-state index in [-0.39, 0.29) is 5.91 Å². The van der Waals surface area contributed by atoms with Gasteiger partial charge in [-0.1, -0.05) is 42.5 Å². The third kappa shape index (κ3) is 6.47. The molecule has 8 heteroatoms. The number of likely N-dealkylation sites (tertiary alicyclic amines) is 1. The molecule has 2 N–H and O–H groups in total. The van der Waals surface area contributed by atoms with Crippen LogP contribution in [0.5, 0.6) is 0 Å². The fraction of sp³-hybridized carbons (Fsp3) is 0.360. The predicted octanol–water partition coefficient (Wildman–Crippen LogP) is 2.77. The summed E-state index contributed by atoms with van der Waals surface area (Å²) in [6.07, 6.45) is 1.76. The molecule has 0 saturated carbocycles. The van der Waals surface area contributed by atoms with E-state index in [9.17, 15) is 23.6 Å². The van der Waals surface area contributed by atoms with Crippen LogP contribution in [0.2, 0.25) is 0 Å². The van der Waals surface area contributed by atoms with Crippen molar-refractivity contribution < 1.29 is 28.7 Å². The van der Waals surface area contributed by atoms with Crippen molar-refractivity contribution in [3.05, 3.63) is 71.3 Å². The Hall–Kier alpha value is -3.55. The summed E-state index contributed by atoms with van der Waals surface area (Å²) in [5.74, 6) is -3.28. The van der Waals surface area contributed by atoms with E-state index in [1.165, 1.54) is 4.90 Å². The number of hydrogen-bond donors (Lipinski definition) is 2. The number of benzene rings is 2. The molecule has 0 aliphatic carbocycles. The van der Waals surface area contributed by atoms with Crippen molar-refractivity contribution in [2.24, 2.45) is 0 Å². The van der Waals surface area contributed by atoms with Crippen molar-refractivity contribution in [3.8, 4) is 0 Å². The smallest absolute Gasteiger partial charge is 0.305 e. The second-order valence-corrected chi connectivity index (χ2v) is 8.13. The second-order valence-electron chi connectivity index (χ2n) is 8.13. The number of carboxylic acids is 1. The molecule has 2 aromatic carbocycles. The molecule has 1 aliphatic heterocycles. The molecule has 3 rings (SSSR count). The van der Waals surface area contributed by atoms with Gasteiger partial charge in [-0.05, 0) is 48.9 Å². The quantitative estimate of drug-likeness (QED) is 0.606. The van der Waals surface area contributed by atoms with Gasteiger partial charge in [0.05, 0.1) is 6.42 Å². The number of piperidine rings is 1. The molecule has 174 valence electrons. The van der Waals surface area contributed by atoms with Gasteiger partial charge in [0.2, 0.25) is 5.91 Å². The van der Waals surface area contributed by atoms with Gasteiger partial charge in [-0.15, -0.1) is 0 Å². The van der Waals surface area contributed by atoms with Crippen LogP contribution in [0.15, 0.2) is 54.6 Å². The molecule has 2 atom stereocenters. The number of ketones is 1. The van der Waals surface area contributed by atoms with Crippen LogP contribution in [0.3, 0.4) is 0 Å². The highest BCUT2D eigenvalue weighted by atomic mass is 19.1. The minimum Gasteiger partial charge on any atom is -0.481 e. The van der Waals surface area contributed by atoms with Gasteiger partial charge in [0, 0.05) is 12.1 Å². The number of hydrogen-bond acceptors (Lipinski definition) is 4. The van der Waals surface area contributed by atoms with E-state index in [4.69, 9.17) is 5.11 Å². The number of nitrogens with zero attached hydrogens (tertiary/aromatic N) is 1. The first-order valence-corrected chi connectivity index (χ1v) is 10.9. The van der Waals surface area contributed by atoms with Crippen molar-refractivity contribution >= 4 is 23.6 Å². The Morgan fingerprint density at radius 1 is 1.03 bits per heavy atom. The molecule has 1 aliphatic rings. The first-order chi connectivity index (χ1) is 15.9. The summed E-state index contributed by atoms with van der Waals surface area (Å²) in [5, 5.41) is 11.3. The molecule has 2 amide bonds. The molecule has 2 aromatic rings. The van der Waals surface area contributed by atoms with Crippen molar-refractivity contribution in [2.45, 2.75) is 44.2 Å². The number of carbonyl (C=O) groups excluding carboxylic acids is 3. The number of nitrogens with one attached hydrogen (secondary N) is 1. The lowest BCUT2D eigenvalue weighted by atomic mass is 9.98. The topological polar surface area (TPSA) is 104 Å². The molecule has 33 heavy (non-hydrogen) atoms. The normalized spacial score (nSPS) is 16.6. The predicted molar refractivity (Wildman–Crippen MR) is 120 cm³/mol. The van der Waals surface area contributed by atoms with Gasteiger partial charge in [0.15, 0.2) is 5.78 Å². The van der Waals surface area contributed by atoms with Crippen LogP contribution >= 0.6 is 0 Å². The Morgan fingerprint density at radius 3 is 2.45 bits per heavy atom. The van der Waals surface area contributed by atoms with Gasteiger partial charge in [-0.2, -0.15) is 0 Å². The zero-order chi connectivity index (χ0) is 23.8. The largest absolute Gasteiger partial charge is 0.481 e. The van der Waals surface area contributed by atoms with Crippen molar-refractivity contribution in [1.82, 2.24) is 10.2 Å². The summed E-state index contributed by atoms with van der Waals surface area (Å²) in [7, 11) is 0. The molecule has 1 saturated heterocycles. The minimum atomic E-state index is -1.46. The molecule has 7 nitrogen and oxygen atoms in total. The third-order valence-electron chi connectivity index (χ3n) is 5.71. The van der Waals surface area contributed by atoms with Crippen LogP contribution in [0.1, 0.15) is 47.2 Å². The highest BCUT2D eigenvalue weighted by molar-refractivity contribution is 5.99. The molecule has 0 aromatic heterocycles. The van der Waals surface area contributed by atoms with E-state index in [1.807, 2.05) is 36.4 Å². The van der Waals surface area contributed by atoms with Crippen molar-refractivity contribution in [3.63, 3.8) is 0 Å². The van der Waals surface area contributed by atoms with Gasteiger partial charge in [0.25, 0.3) is 5.91 Å². The summed E-state index contributed by atoms with van der Waals surface area (Å²) in [5.41, 5.74) is 2.52. The van der Waals surface area contributed by atoms with E-state index < -0.39 is 42.8 Å². The maximum atomic E-state index is 13.3. The van der Waals surface area contributed by atoms with Gasteiger partial charge in [-0.3, -0.25) is 19.2 Å². The van der Waals surface area contributed by atoms with E-state index in [2.05, 4.69) is 5.32 Å². The Balaban J connectivity index is 1.76. The minimum absolute atomic E-state index is 0.309. The Kier molecular flexibility index (Phi) is 8.29. The molecule has 0 spiro atoms. The van der Waals surface area contributed by atoms with E-state index >= 15 is 0 Å². The van der Waals surface area contributed by atoms with Crippen LogP contribution in [0.4, 0.5) is 4.39 Å². The molecule has 1 heterocycles. The zero-order valence-corrected chi connectivity index (χ0v) is 18.2. The average molecular weight is 454 g/mol. The third-order valence-corrected chi connectivity index (χ3v) is 5.71. The number of Topliss-reactive ketones (excluding diaryl/α,β-unsaturated/α-hetero) is 1. The lowest BCUT2D eigenvalue weighted by molar-refractivity contribution is -0.140. The van der Waals surface area contributed by atoms with Crippen molar-refractivity contribution in [1.29, 1.82) is 0 Å². The SMILES string of the molecule is O=C(O)CC(NC(=O)[C@@H]1CCCCN1C(=O)c1cccc(Cc2ccccc2)c1)C(=O)CF. The number of aliphatic carboxylic acids is 1. The molecule has 0 bridgehead atoms. The number of alkyl halides is 1. The van der Waals surface area contributed by atoms with Crippen LogP contribution in [0, 0.1) is 0 Å². The number of carbonyl (C=O) groups is 4. The molecule has 1 unspecified atom stereocenters. The Labute approximate surface area is 191 Å². The number of amides is 2. The Morgan fingerprint density at radius 2 is 1.76 bits per heavy atom. The first-order valence-electron chi connectivity index (χ1n) is 10.9. The van der Waals surface area contributed by atoms with Gasteiger partial charge >= 0.3 is 5.97 Å². The van der Waals surface area contributed by atoms with Crippen LogP contribution in [-0.4, -0.2) is 58.9 Å². The van der Waals surface area contributed by atoms with Crippen LogP contribution in [-0.2, 0) is 20.8 Å². The summed E-state index contributed by atoms with van der Waals surface area (Å²) in [4.78, 5) is 50.4. The first kappa shape index (κ1) is 24.1. The molecule has 0 radical (unpaired) electrons. The summed E-state index contributed by atoms with van der Waals surface area (Å²) < 4.78 is 12.8. The fourth-order valence-electron chi connectivity index (χ4n) is 4.04. The highest BCUT2D eigenvalue weighted by Crippen LogP contribution is 2.21. The highest BCUT2D eigenvalue weighted by Gasteiger charge is 2.35. The number of halogens is 1. The molecular formula is C25H27FN2O5. The summed E-state index contributed by atoms with van der Waals surface area (Å²) >= 11 is 0. The van der Waals surface area contributed by atoms with E-state index in [0.29, 0.717) is 31.4 Å². The van der Waals surface area contributed by atoms with E-state index in [1.54, 1.807) is 18.2 Å². The average Bonchev–Trinajstić information content (AvgIpc) is 2.83. The molecule has 1 fully saturated rings. The van der Waals surface area contributed by atoms with E-state index in [0.717, 1.165) is 17.5 Å². The standard InChI is InChI=1S/C25H27FN2O5/c26-16-22(29)20(15-23(30)31)27-24(32)21-11-4-5-12-28(21)25(33)19-10-6-9-18(14-19)13-17-7-2-1-3-8-17/h1-3,6-10,14,20-21H,4-5,11-13,15-16H2,(H,27,32)(H,30,31)/t20?,21-/m0/s1. The van der Waals surface area contributed by atoms with Gasteiger partial charge in [-0.25, -0.2) is 4.39 Å². The second kappa shape index (κ2) is 11.4. The monoisotopic (exact) mass is 454 g/mol. The maximum Gasteiger partial charge on any atom is 0.305 e. The van der Waals surface area contributed by atoms with Crippen molar-refractivity contribution in [2.75, 3.05) is 13.2 Å².